The largest absolute Gasteiger partial charge is 0.493 e. The lowest BCUT2D eigenvalue weighted by molar-refractivity contribution is 0.249. The maximum atomic E-state index is 5.75. The van der Waals surface area contributed by atoms with Crippen LogP contribution in [0.3, 0.4) is 0 Å². The van der Waals surface area contributed by atoms with E-state index < -0.39 is 0 Å². The maximum Gasteiger partial charge on any atom is 0.133 e. The Morgan fingerprint density at radius 2 is 2.43 bits per heavy atom. The van der Waals surface area contributed by atoms with Crippen molar-refractivity contribution in [2.75, 3.05) is 12.5 Å². The minimum atomic E-state index is 0.459. The number of aliphatic imine (C=N–C) groups is 1. The van der Waals surface area contributed by atoms with E-state index in [0.29, 0.717) is 18.4 Å². The number of allylic oxidation sites excluding steroid dienone is 4. The number of rotatable bonds is 3. The number of halogens is 1. The lowest BCUT2D eigenvalue weighted by Gasteiger charge is -2.10. The van der Waals surface area contributed by atoms with E-state index in [1.165, 1.54) is 0 Å². The SMILES string of the molecule is CCOC1=C\CC(C)/C=C(CCl)/N=C\1. The lowest BCUT2D eigenvalue weighted by atomic mass is 10.1. The van der Waals surface area contributed by atoms with E-state index in [1.54, 1.807) is 6.21 Å². The van der Waals surface area contributed by atoms with E-state index in [4.69, 9.17) is 16.3 Å². The zero-order chi connectivity index (χ0) is 10.4. The van der Waals surface area contributed by atoms with E-state index in [9.17, 15) is 0 Å². The Hall–Kier alpha value is -0.760. The van der Waals surface area contributed by atoms with E-state index >= 15 is 0 Å². The summed E-state index contributed by atoms with van der Waals surface area (Å²) >= 11 is 5.75. The number of alkyl halides is 1. The van der Waals surface area contributed by atoms with Gasteiger partial charge in [0.05, 0.1) is 24.4 Å². The standard InChI is InChI=1S/C11H16ClNO/c1-3-14-11-5-4-9(2)6-10(7-12)13-8-11/h5-6,8-9H,3-4,7H2,1-2H3/b10-6+,11-5-,13-8-. The Labute approximate surface area is 90.3 Å². The van der Waals surface area contributed by atoms with Crippen molar-refractivity contribution in [2.45, 2.75) is 20.3 Å². The minimum absolute atomic E-state index is 0.459. The highest BCUT2D eigenvalue weighted by Crippen LogP contribution is 2.15. The highest BCUT2D eigenvalue weighted by Gasteiger charge is 2.04. The first-order valence-corrected chi connectivity index (χ1v) is 5.43. The molecular weight excluding hydrogens is 198 g/mol. The van der Waals surface area contributed by atoms with Crippen LogP contribution in [0, 0.1) is 5.92 Å². The van der Waals surface area contributed by atoms with Crippen LogP contribution in [0.1, 0.15) is 20.3 Å². The predicted octanol–water partition coefficient (Wildman–Crippen LogP) is 3.14. The van der Waals surface area contributed by atoms with Crippen LogP contribution in [-0.4, -0.2) is 18.7 Å². The first kappa shape index (κ1) is 11.3. The van der Waals surface area contributed by atoms with Crippen molar-refractivity contribution in [3.8, 4) is 0 Å². The van der Waals surface area contributed by atoms with Crippen molar-refractivity contribution in [3.63, 3.8) is 0 Å². The second-order valence-electron chi connectivity index (χ2n) is 3.30. The summed E-state index contributed by atoms with van der Waals surface area (Å²) in [5.41, 5.74) is 0.921. The van der Waals surface area contributed by atoms with Gasteiger partial charge in [-0.15, -0.1) is 11.6 Å². The number of hydrogen-bond acceptors (Lipinski definition) is 2. The Kier molecular flexibility index (Phi) is 4.74. The molecule has 14 heavy (non-hydrogen) atoms. The molecule has 3 heteroatoms. The predicted molar refractivity (Wildman–Crippen MR) is 60.8 cm³/mol. The van der Waals surface area contributed by atoms with E-state index in [0.717, 1.165) is 17.9 Å². The van der Waals surface area contributed by atoms with Crippen LogP contribution >= 0.6 is 11.6 Å². The fourth-order valence-electron chi connectivity index (χ4n) is 1.28. The molecule has 0 spiro atoms. The molecule has 1 unspecified atom stereocenters. The number of hydrogen-bond donors (Lipinski definition) is 0. The average molecular weight is 214 g/mol. The Balaban J connectivity index is 2.76. The molecule has 0 saturated heterocycles. The smallest absolute Gasteiger partial charge is 0.133 e. The van der Waals surface area contributed by atoms with E-state index in [1.807, 2.05) is 6.92 Å². The van der Waals surface area contributed by atoms with Gasteiger partial charge in [-0.25, -0.2) is 0 Å². The van der Waals surface area contributed by atoms with Crippen molar-refractivity contribution in [2.24, 2.45) is 10.9 Å². The van der Waals surface area contributed by atoms with Gasteiger partial charge >= 0.3 is 0 Å². The monoisotopic (exact) mass is 213 g/mol. The Bertz CT molecular complexity index is 268. The molecule has 2 nitrogen and oxygen atoms in total. The fraction of sp³-hybridized carbons (Fsp3) is 0.545. The zero-order valence-electron chi connectivity index (χ0n) is 8.66. The van der Waals surface area contributed by atoms with Gasteiger partial charge in [0.25, 0.3) is 0 Å². The normalized spacial score (nSPS) is 31.8. The molecule has 0 aromatic rings. The van der Waals surface area contributed by atoms with Crippen LogP contribution in [0.25, 0.3) is 0 Å². The highest BCUT2D eigenvalue weighted by molar-refractivity contribution is 6.19. The van der Waals surface area contributed by atoms with Gasteiger partial charge in [-0.05, 0) is 25.3 Å². The quantitative estimate of drug-likeness (QED) is 0.660. The number of nitrogens with zero attached hydrogens (tertiary/aromatic N) is 1. The molecule has 0 aromatic heterocycles. The molecule has 0 N–H and O–H groups in total. The van der Waals surface area contributed by atoms with Gasteiger partial charge in [0.2, 0.25) is 0 Å². The molecule has 1 aliphatic rings. The van der Waals surface area contributed by atoms with E-state index in [2.05, 4.69) is 24.1 Å². The molecule has 78 valence electrons. The summed E-state index contributed by atoms with van der Waals surface area (Å²) in [7, 11) is 0. The molecule has 1 atom stereocenters. The van der Waals surface area contributed by atoms with Crippen LogP contribution < -0.4 is 0 Å². The zero-order valence-corrected chi connectivity index (χ0v) is 9.42. The summed E-state index contributed by atoms with van der Waals surface area (Å²) in [5.74, 6) is 1.77. The van der Waals surface area contributed by atoms with Crippen LogP contribution in [0.15, 0.2) is 28.6 Å². The second-order valence-corrected chi connectivity index (χ2v) is 3.57. The third kappa shape index (κ3) is 3.54. The Morgan fingerprint density at radius 3 is 3.07 bits per heavy atom. The first-order valence-electron chi connectivity index (χ1n) is 4.90. The molecule has 0 fully saturated rings. The summed E-state index contributed by atoms with van der Waals surface area (Å²) in [6.45, 7) is 4.79. The van der Waals surface area contributed by atoms with Gasteiger partial charge < -0.3 is 4.74 Å². The minimum Gasteiger partial charge on any atom is -0.493 e. The van der Waals surface area contributed by atoms with Crippen molar-refractivity contribution in [3.05, 3.63) is 23.6 Å². The van der Waals surface area contributed by atoms with Gasteiger partial charge in [0, 0.05) is 0 Å². The van der Waals surface area contributed by atoms with Gasteiger partial charge in [0.1, 0.15) is 5.76 Å². The average Bonchev–Trinajstić information content (AvgIpc) is 2.17. The molecule has 0 bridgehead atoms. The molecule has 1 aliphatic heterocycles. The maximum absolute atomic E-state index is 5.75. The summed E-state index contributed by atoms with van der Waals surface area (Å²) in [6.07, 6.45) is 6.88. The van der Waals surface area contributed by atoms with Gasteiger partial charge in [-0.2, -0.15) is 0 Å². The van der Waals surface area contributed by atoms with Crippen molar-refractivity contribution >= 4 is 17.8 Å². The van der Waals surface area contributed by atoms with Crippen LogP contribution in [-0.2, 0) is 4.74 Å². The van der Waals surface area contributed by atoms with Crippen molar-refractivity contribution in [1.82, 2.24) is 0 Å². The molecule has 1 rings (SSSR count). The molecule has 0 aromatic carbocycles. The lowest BCUT2D eigenvalue weighted by Crippen LogP contribution is -2.00. The molecule has 0 radical (unpaired) electrons. The van der Waals surface area contributed by atoms with Crippen LogP contribution in [0.5, 0.6) is 0 Å². The van der Waals surface area contributed by atoms with Gasteiger partial charge in [0.15, 0.2) is 0 Å². The molecule has 1 heterocycles. The van der Waals surface area contributed by atoms with Gasteiger partial charge in [-0.3, -0.25) is 4.99 Å². The summed E-state index contributed by atoms with van der Waals surface area (Å²) in [6, 6.07) is 0. The molecule has 0 saturated carbocycles. The highest BCUT2D eigenvalue weighted by atomic mass is 35.5. The van der Waals surface area contributed by atoms with Crippen molar-refractivity contribution < 1.29 is 4.74 Å². The van der Waals surface area contributed by atoms with Crippen molar-refractivity contribution in [1.29, 1.82) is 0 Å². The van der Waals surface area contributed by atoms with Crippen LogP contribution in [0.4, 0.5) is 0 Å². The van der Waals surface area contributed by atoms with E-state index in [-0.39, 0.29) is 0 Å². The number of ether oxygens (including phenoxy) is 1. The summed E-state index contributed by atoms with van der Waals surface area (Å²) in [5, 5.41) is 0. The summed E-state index contributed by atoms with van der Waals surface area (Å²) < 4.78 is 5.40. The molecule has 0 amide bonds. The fourth-order valence-corrected chi connectivity index (χ4v) is 1.44. The summed E-state index contributed by atoms with van der Waals surface area (Å²) in [4.78, 5) is 4.26. The third-order valence-corrected chi connectivity index (χ3v) is 2.25. The topological polar surface area (TPSA) is 21.6 Å². The third-order valence-electron chi connectivity index (χ3n) is 1.97. The second kappa shape index (κ2) is 5.86. The molecular formula is C11H16ClNO. The Morgan fingerprint density at radius 1 is 1.64 bits per heavy atom. The van der Waals surface area contributed by atoms with Crippen LogP contribution in [0.2, 0.25) is 0 Å². The first-order chi connectivity index (χ1) is 6.76. The van der Waals surface area contributed by atoms with Gasteiger partial charge in [-0.1, -0.05) is 13.0 Å². The molecule has 0 aliphatic carbocycles.